The topological polar surface area (TPSA) is 78.5 Å². The molecular weight excluding hydrogens is 302 g/mol. The molecule has 3 rings (SSSR count). The van der Waals surface area contributed by atoms with Gasteiger partial charge in [-0.25, -0.2) is 4.98 Å². The highest BCUT2D eigenvalue weighted by Crippen LogP contribution is 2.21. The second kappa shape index (κ2) is 6.41. The first-order chi connectivity index (χ1) is 10.5. The molecule has 8 heteroatoms. The molecule has 1 aliphatic rings. The summed E-state index contributed by atoms with van der Waals surface area (Å²) in [5, 5.41) is 19.3. The number of aromatic nitrogens is 3. The Balaban J connectivity index is 1.57. The molecule has 0 amide bonds. The minimum absolute atomic E-state index is 0.0706. The predicted octanol–water partition coefficient (Wildman–Crippen LogP) is 0.820. The third-order valence-electron chi connectivity index (χ3n) is 3.90. The summed E-state index contributed by atoms with van der Waals surface area (Å²) in [6.45, 7) is 6.68. The van der Waals surface area contributed by atoms with E-state index >= 15 is 0 Å². The molecule has 22 heavy (non-hydrogen) atoms. The second-order valence-corrected chi connectivity index (χ2v) is 7.12. The number of aryl methyl sites for hydroxylation is 2. The molecule has 0 radical (unpaired) electrons. The Bertz CT molecular complexity index is 628. The fourth-order valence-electron chi connectivity index (χ4n) is 2.84. The van der Waals surface area contributed by atoms with E-state index in [9.17, 15) is 5.11 Å². The first-order valence-electron chi connectivity index (χ1n) is 7.32. The van der Waals surface area contributed by atoms with E-state index in [4.69, 9.17) is 4.42 Å². The van der Waals surface area contributed by atoms with Crippen LogP contribution in [0.2, 0.25) is 0 Å². The Morgan fingerprint density at radius 3 is 2.86 bits per heavy atom. The molecule has 0 aliphatic carbocycles. The van der Waals surface area contributed by atoms with E-state index in [1.807, 2.05) is 20.2 Å². The lowest BCUT2D eigenvalue weighted by atomic mass is 10.2. The van der Waals surface area contributed by atoms with Crippen molar-refractivity contribution in [1.29, 1.82) is 0 Å². The molecule has 0 aromatic carbocycles. The van der Waals surface area contributed by atoms with E-state index in [1.165, 1.54) is 4.88 Å². The number of likely N-dealkylation sites (N-methyl/N-ethyl adjacent to an activating group) is 1. The highest BCUT2D eigenvalue weighted by Gasteiger charge is 2.34. The standard InChI is InChI=1S/C14H21N5O2S/c1-9-16-17-14(21-9)8-18(3)12-6-19(7-13(12)20)5-11-4-15-10(2)22-11/h4,12-13,20H,5-8H2,1-3H3/t12-,13+/m0/s1. The summed E-state index contributed by atoms with van der Waals surface area (Å²) in [6.07, 6.45) is 1.55. The third-order valence-corrected chi connectivity index (χ3v) is 4.80. The molecule has 7 nitrogen and oxygen atoms in total. The highest BCUT2D eigenvalue weighted by atomic mass is 32.1. The van der Waals surface area contributed by atoms with Gasteiger partial charge in [0.05, 0.1) is 17.7 Å². The van der Waals surface area contributed by atoms with Crippen LogP contribution in [0.15, 0.2) is 10.6 Å². The molecule has 3 heterocycles. The number of aliphatic hydroxyl groups excluding tert-OH is 1. The van der Waals surface area contributed by atoms with E-state index < -0.39 is 0 Å². The predicted molar refractivity (Wildman–Crippen MR) is 82.4 cm³/mol. The van der Waals surface area contributed by atoms with Gasteiger partial charge in [-0.3, -0.25) is 9.80 Å². The van der Waals surface area contributed by atoms with Crippen molar-refractivity contribution in [1.82, 2.24) is 25.0 Å². The average Bonchev–Trinajstić information content (AvgIpc) is 3.13. The fourth-order valence-corrected chi connectivity index (χ4v) is 3.68. The Morgan fingerprint density at radius 2 is 2.23 bits per heavy atom. The summed E-state index contributed by atoms with van der Waals surface area (Å²) in [7, 11) is 1.98. The molecule has 1 N–H and O–H groups in total. The summed E-state index contributed by atoms with van der Waals surface area (Å²) in [6, 6.07) is 0.0706. The van der Waals surface area contributed by atoms with Gasteiger partial charge in [-0.1, -0.05) is 0 Å². The van der Waals surface area contributed by atoms with Gasteiger partial charge in [0.2, 0.25) is 11.8 Å². The van der Waals surface area contributed by atoms with Gasteiger partial charge in [0.15, 0.2) is 0 Å². The Morgan fingerprint density at radius 1 is 1.41 bits per heavy atom. The number of rotatable bonds is 5. The number of nitrogens with zero attached hydrogens (tertiary/aromatic N) is 5. The van der Waals surface area contributed by atoms with Gasteiger partial charge in [-0.15, -0.1) is 21.5 Å². The maximum absolute atomic E-state index is 10.3. The van der Waals surface area contributed by atoms with E-state index in [0.29, 0.717) is 24.9 Å². The van der Waals surface area contributed by atoms with Crippen LogP contribution in [-0.4, -0.2) is 62.4 Å². The van der Waals surface area contributed by atoms with Gasteiger partial charge in [-0.2, -0.15) is 0 Å². The van der Waals surface area contributed by atoms with Crippen LogP contribution in [0, 0.1) is 13.8 Å². The van der Waals surface area contributed by atoms with Crippen molar-refractivity contribution in [2.45, 2.75) is 39.1 Å². The summed E-state index contributed by atoms with van der Waals surface area (Å²) in [5.74, 6) is 1.15. The van der Waals surface area contributed by atoms with E-state index in [2.05, 4.69) is 25.0 Å². The first kappa shape index (κ1) is 15.5. The Labute approximate surface area is 133 Å². The SMILES string of the molecule is Cc1nnc(CN(C)[C@H]2CN(Cc3cnc(C)s3)C[C@H]2O)o1. The summed E-state index contributed by atoms with van der Waals surface area (Å²) >= 11 is 1.71. The molecule has 0 spiro atoms. The zero-order valence-electron chi connectivity index (χ0n) is 13.1. The quantitative estimate of drug-likeness (QED) is 0.872. The summed E-state index contributed by atoms with van der Waals surface area (Å²) in [5.41, 5.74) is 0. The maximum atomic E-state index is 10.3. The molecule has 0 bridgehead atoms. The monoisotopic (exact) mass is 323 g/mol. The van der Waals surface area contributed by atoms with Crippen molar-refractivity contribution in [2.24, 2.45) is 0 Å². The van der Waals surface area contributed by atoms with Crippen LogP contribution >= 0.6 is 11.3 Å². The maximum Gasteiger partial charge on any atom is 0.230 e. The average molecular weight is 323 g/mol. The number of aliphatic hydroxyl groups is 1. The minimum atomic E-state index is -0.372. The normalized spacial score (nSPS) is 22.8. The number of likely N-dealkylation sites (tertiary alicyclic amines) is 1. The van der Waals surface area contributed by atoms with Crippen LogP contribution < -0.4 is 0 Å². The van der Waals surface area contributed by atoms with E-state index in [-0.39, 0.29) is 12.1 Å². The van der Waals surface area contributed by atoms with Crippen molar-refractivity contribution in [3.63, 3.8) is 0 Å². The van der Waals surface area contributed by atoms with Crippen molar-refractivity contribution < 1.29 is 9.52 Å². The van der Waals surface area contributed by atoms with Gasteiger partial charge >= 0.3 is 0 Å². The van der Waals surface area contributed by atoms with Gasteiger partial charge in [0, 0.05) is 43.7 Å². The van der Waals surface area contributed by atoms with Crippen LogP contribution in [0.25, 0.3) is 0 Å². The lowest BCUT2D eigenvalue weighted by molar-refractivity contribution is 0.0899. The number of thiazole rings is 1. The molecule has 0 unspecified atom stereocenters. The largest absolute Gasteiger partial charge is 0.424 e. The van der Waals surface area contributed by atoms with Crippen molar-refractivity contribution in [2.75, 3.05) is 20.1 Å². The molecule has 2 atom stereocenters. The molecule has 2 aromatic heterocycles. The van der Waals surface area contributed by atoms with Crippen molar-refractivity contribution >= 4 is 11.3 Å². The minimum Gasteiger partial charge on any atom is -0.424 e. The number of hydrogen-bond acceptors (Lipinski definition) is 8. The summed E-state index contributed by atoms with van der Waals surface area (Å²) in [4.78, 5) is 9.86. The van der Waals surface area contributed by atoms with Crippen LogP contribution in [0.4, 0.5) is 0 Å². The number of hydrogen-bond donors (Lipinski definition) is 1. The molecule has 0 saturated carbocycles. The van der Waals surface area contributed by atoms with Gasteiger partial charge in [0.1, 0.15) is 0 Å². The van der Waals surface area contributed by atoms with Gasteiger partial charge < -0.3 is 9.52 Å². The second-order valence-electron chi connectivity index (χ2n) is 5.80. The van der Waals surface area contributed by atoms with Crippen molar-refractivity contribution in [3.05, 3.63) is 27.9 Å². The number of β-amino-alcohol motifs (C(OH)–C–C–N with tert-alkyl or cyclic N) is 1. The van der Waals surface area contributed by atoms with Crippen molar-refractivity contribution in [3.8, 4) is 0 Å². The van der Waals surface area contributed by atoms with Gasteiger partial charge in [0.25, 0.3) is 0 Å². The molecular formula is C14H21N5O2S. The van der Waals surface area contributed by atoms with Gasteiger partial charge in [-0.05, 0) is 14.0 Å². The smallest absolute Gasteiger partial charge is 0.230 e. The zero-order chi connectivity index (χ0) is 15.7. The van der Waals surface area contributed by atoms with E-state index in [1.54, 1.807) is 18.3 Å². The van der Waals surface area contributed by atoms with Crippen LogP contribution in [0.5, 0.6) is 0 Å². The third kappa shape index (κ3) is 3.52. The van der Waals surface area contributed by atoms with Crippen LogP contribution in [0.1, 0.15) is 21.7 Å². The lowest BCUT2D eigenvalue weighted by Crippen LogP contribution is -2.40. The molecule has 1 fully saturated rings. The zero-order valence-corrected chi connectivity index (χ0v) is 13.9. The lowest BCUT2D eigenvalue weighted by Gasteiger charge is -2.25. The fraction of sp³-hybridized carbons (Fsp3) is 0.643. The molecule has 120 valence electrons. The molecule has 1 saturated heterocycles. The Kier molecular flexibility index (Phi) is 4.53. The molecule has 1 aliphatic heterocycles. The Hall–Kier alpha value is -1.35. The first-order valence-corrected chi connectivity index (χ1v) is 8.14. The molecule has 2 aromatic rings. The summed E-state index contributed by atoms with van der Waals surface area (Å²) < 4.78 is 5.41. The van der Waals surface area contributed by atoms with Crippen LogP contribution in [-0.2, 0) is 13.1 Å². The van der Waals surface area contributed by atoms with E-state index in [0.717, 1.165) is 18.1 Å². The van der Waals surface area contributed by atoms with Crippen LogP contribution in [0.3, 0.4) is 0 Å². The highest BCUT2D eigenvalue weighted by molar-refractivity contribution is 7.11.